The quantitative estimate of drug-likeness (QED) is 0.778. The summed E-state index contributed by atoms with van der Waals surface area (Å²) < 4.78 is 0. The van der Waals surface area contributed by atoms with Crippen molar-refractivity contribution in [1.82, 2.24) is 4.98 Å². The number of hydrogen-bond donors (Lipinski definition) is 0. The van der Waals surface area contributed by atoms with Crippen LogP contribution in [0.5, 0.6) is 0 Å². The fraction of sp³-hybridized carbons (Fsp3) is 0.615. The molecule has 1 aliphatic rings. The summed E-state index contributed by atoms with van der Waals surface area (Å²) >= 11 is 6.30. The van der Waals surface area contributed by atoms with Crippen LogP contribution in [0, 0.1) is 0 Å². The first kappa shape index (κ1) is 11.7. The average Bonchev–Trinajstić information content (AvgIpc) is 2.30. The fourth-order valence-corrected chi connectivity index (χ4v) is 2.39. The smallest absolute Gasteiger partial charge is 0.147 e. The molecule has 16 heavy (non-hydrogen) atoms. The molecule has 0 aromatic carbocycles. The molecular weight excluding hydrogens is 220 g/mol. The molecule has 3 heteroatoms. The molecule has 2 nitrogen and oxygen atoms in total. The molecule has 2 rings (SSSR count). The van der Waals surface area contributed by atoms with Crippen LogP contribution in [0.25, 0.3) is 0 Å². The second-order valence-electron chi connectivity index (χ2n) is 4.78. The first-order valence-corrected chi connectivity index (χ1v) is 6.46. The Balaban J connectivity index is 2.21. The third-order valence-electron chi connectivity index (χ3n) is 3.17. The standard InChI is InChI=1S/C13H19ClN2/c1-10(2)11-8-12(14)13(15-9-11)16-6-4-3-5-7-16/h8-10H,3-7H2,1-2H3. The Labute approximate surface area is 103 Å². The van der Waals surface area contributed by atoms with E-state index in [0.717, 1.165) is 23.9 Å². The van der Waals surface area contributed by atoms with Gasteiger partial charge in [0.15, 0.2) is 0 Å². The van der Waals surface area contributed by atoms with Crippen LogP contribution < -0.4 is 4.90 Å². The van der Waals surface area contributed by atoms with Gasteiger partial charge in [0.25, 0.3) is 0 Å². The summed E-state index contributed by atoms with van der Waals surface area (Å²) in [6, 6.07) is 2.06. The van der Waals surface area contributed by atoms with Gasteiger partial charge in [-0.15, -0.1) is 0 Å². The Hall–Kier alpha value is -0.760. The number of pyridine rings is 1. The zero-order valence-corrected chi connectivity index (χ0v) is 10.8. The number of nitrogens with zero attached hydrogens (tertiary/aromatic N) is 2. The molecule has 88 valence electrons. The lowest BCUT2D eigenvalue weighted by molar-refractivity contribution is 0.573. The molecule has 0 spiro atoms. The van der Waals surface area contributed by atoms with Crippen LogP contribution in [-0.4, -0.2) is 18.1 Å². The normalized spacial score (nSPS) is 16.9. The largest absolute Gasteiger partial charge is 0.355 e. The van der Waals surface area contributed by atoms with E-state index in [1.807, 2.05) is 6.20 Å². The van der Waals surface area contributed by atoms with E-state index in [0.29, 0.717) is 5.92 Å². The first-order valence-electron chi connectivity index (χ1n) is 6.09. The molecule has 0 unspecified atom stereocenters. The third-order valence-corrected chi connectivity index (χ3v) is 3.44. The molecule has 0 amide bonds. The van der Waals surface area contributed by atoms with Gasteiger partial charge in [0.2, 0.25) is 0 Å². The molecule has 1 fully saturated rings. The van der Waals surface area contributed by atoms with Crippen molar-refractivity contribution >= 4 is 17.4 Å². The molecule has 0 aliphatic carbocycles. The number of rotatable bonds is 2. The van der Waals surface area contributed by atoms with E-state index in [1.54, 1.807) is 0 Å². The van der Waals surface area contributed by atoms with E-state index in [2.05, 4.69) is 29.8 Å². The highest BCUT2D eigenvalue weighted by atomic mass is 35.5. The van der Waals surface area contributed by atoms with E-state index in [1.165, 1.54) is 24.8 Å². The number of anilines is 1. The van der Waals surface area contributed by atoms with Crippen molar-refractivity contribution in [3.8, 4) is 0 Å². The van der Waals surface area contributed by atoms with Gasteiger partial charge in [-0.1, -0.05) is 25.4 Å². The zero-order valence-electron chi connectivity index (χ0n) is 10.0. The lowest BCUT2D eigenvalue weighted by Crippen LogP contribution is -2.30. The lowest BCUT2D eigenvalue weighted by Gasteiger charge is -2.28. The van der Waals surface area contributed by atoms with Crippen molar-refractivity contribution in [2.45, 2.75) is 39.0 Å². The zero-order chi connectivity index (χ0) is 11.5. The van der Waals surface area contributed by atoms with E-state index in [-0.39, 0.29) is 0 Å². The lowest BCUT2D eigenvalue weighted by atomic mass is 10.1. The first-order chi connectivity index (χ1) is 7.68. The maximum atomic E-state index is 6.30. The molecule has 1 aromatic heterocycles. The summed E-state index contributed by atoms with van der Waals surface area (Å²) in [4.78, 5) is 6.82. The predicted molar refractivity (Wildman–Crippen MR) is 69.4 cm³/mol. The minimum atomic E-state index is 0.486. The third kappa shape index (κ3) is 2.49. The molecule has 0 N–H and O–H groups in total. The van der Waals surface area contributed by atoms with Crippen LogP contribution in [0.4, 0.5) is 5.82 Å². The number of aromatic nitrogens is 1. The molecule has 0 saturated carbocycles. The van der Waals surface area contributed by atoms with E-state index >= 15 is 0 Å². The molecule has 2 heterocycles. The number of halogens is 1. The van der Waals surface area contributed by atoms with Gasteiger partial charge in [0.05, 0.1) is 5.02 Å². The Morgan fingerprint density at radius 3 is 2.50 bits per heavy atom. The Kier molecular flexibility index (Phi) is 3.70. The second-order valence-corrected chi connectivity index (χ2v) is 5.18. The van der Waals surface area contributed by atoms with Crippen molar-refractivity contribution in [3.05, 3.63) is 22.8 Å². The summed E-state index contributed by atoms with van der Waals surface area (Å²) in [5, 5.41) is 0.799. The van der Waals surface area contributed by atoms with E-state index in [4.69, 9.17) is 11.6 Å². The van der Waals surface area contributed by atoms with Crippen LogP contribution in [0.3, 0.4) is 0 Å². The van der Waals surface area contributed by atoms with Gasteiger partial charge in [-0.25, -0.2) is 4.98 Å². The molecular formula is C13H19ClN2. The maximum Gasteiger partial charge on any atom is 0.147 e. The molecule has 1 saturated heterocycles. The SMILES string of the molecule is CC(C)c1cnc(N2CCCCC2)c(Cl)c1. The molecule has 0 atom stereocenters. The highest BCUT2D eigenvalue weighted by molar-refractivity contribution is 6.33. The van der Waals surface area contributed by atoms with Crippen molar-refractivity contribution in [2.24, 2.45) is 0 Å². The minimum absolute atomic E-state index is 0.486. The highest BCUT2D eigenvalue weighted by Crippen LogP contribution is 2.28. The highest BCUT2D eigenvalue weighted by Gasteiger charge is 2.15. The van der Waals surface area contributed by atoms with Crippen LogP contribution in [0.1, 0.15) is 44.6 Å². The summed E-state index contributed by atoms with van der Waals surface area (Å²) in [5.41, 5.74) is 1.21. The van der Waals surface area contributed by atoms with Crippen molar-refractivity contribution in [3.63, 3.8) is 0 Å². The monoisotopic (exact) mass is 238 g/mol. The van der Waals surface area contributed by atoms with Gasteiger partial charge in [-0.3, -0.25) is 0 Å². The van der Waals surface area contributed by atoms with Gasteiger partial charge in [0.1, 0.15) is 5.82 Å². The second kappa shape index (κ2) is 5.05. The molecule has 0 bridgehead atoms. The Morgan fingerprint density at radius 2 is 1.94 bits per heavy atom. The minimum Gasteiger partial charge on any atom is -0.355 e. The van der Waals surface area contributed by atoms with E-state index in [9.17, 15) is 0 Å². The maximum absolute atomic E-state index is 6.30. The Bertz CT molecular complexity index is 357. The van der Waals surface area contributed by atoms with Gasteiger partial charge >= 0.3 is 0 Å². The number of hydrogen-bond acceptors (Lipinski definition) is 2. The number of piperidine rings is 1. The van der Waals surface area contributed by atoms with Gasteiger partial charge in [0, 0.05) is 19.3 Å². The van der Waals surface area contributed by atoms with Gasteiger partial charge in [-0.05, 0) is 36.8 Å². The predicted octanol–water partition coefficient (Wildman–Crippen LogP) is 3.85. The summed E-state index contributed by atoms with van der Waals surface area (Å²) in [7, 11) is 0. The summed E-state index contributed by atoms with van der Waals surface area (Å²) in [6.45, 7) is 6.50. The van der Waals surface area contributed by atoms with E-state index < -0.39 is 0 Å². The average molecular weight is 239 g/mol. The summed E-state index contributed by atoms with van der Waals surface area (Å²) in [5.74, 6) is 1.45. The summed E-state index contributed by atoms with van der Waals surface area (Å²) in [6.07, 6.45) is 5.80. The van der Waals surface area contributed by atoms with Crippen molar-refractivity contribution in [1.29, 1.82) is 0 Å². The van der Waals surface area contributed by atoms with Gasteiger partial charge < -0.3 is 4.90 Å². The van der Waals surface area contributed by atoms with Crippen LogP contribution in [0.2, 0.25) is 5.02 Å². The van der Waals surface area contributed by atoms with Gasteiger partial charge in [-0.2, -0.15) is 0 Å². The topological polar surface area (TPSA) is 16.1 Å². The molecule has 0 radical (unpaired) electrons. The fourth-order valence-electron chi connectivity index (χ4n) is 2.10. The van der Waals surface area contributed by atoms with Crippen molar-refractivity contribution in [2.75, 3.05) is 18.0 Å². The van der Waals surface area contributed by atoms with Crippen molar-refractivity contribution < 1.29 is 0 Å². The Morgan fingerprint density at radius 1 is 1.25 bits per heavy atom. The molecule has 1 aromatic rings. The van der Waals surface area contributed by atoms with Crippen LogP contribution >= 0.6 is 11.6 Å². The van der Waals surface area contributed by atoms with Crippen LogP contribution in [-0.2, 0) is 0 Å². The van der Waals surface area contributed by atoms with Crippen LogP contribution in [0.15, 0.2) is 12.3 Å². The molecule has 1 aliphatic heterocycles.